The van der Waals surface area contributed by atoms with Gasteiger partial charge in [0.15, 0.2) is 0 Å². The molecule has 0 radical (unpaired) electrons. The summed E-state index contributed by atoms with van der Waals surface area (Å²) in [7, 11) is -2.40. The predicted octanol–water partition coefficient (Wildman–Crippen LogP) is 4.66. The third-order valence-corrected chi connectivity index (χ3v) is 7.84. The third-order valence-electron chi connectivity index (χ3n) is 4.08. The molecule has 0 bridgehead atoms. The Hall–Kier alpha value is -1.60. The van der Waals surface area contributed by atoms with Crippen molar-refractivity contribution in [1.82, 2.24) is 4.57 Å². The number of benzene rings is 1. The first-order chi connectivity index (χ1) is 10.1. The smallest absolute Gasteiger partial charge is 0.231 e. The lowest BCUT2D eigenvalue weighted by Crippen LogP contribution is -2.15. The van der Waals surface area contributed by atoms with Crippen LogP contribution in [0.25, 0.3) is 0 Å². The van der Waals surface area contributed by atoms with E-state index in [-0.39, 0.29) is 18.0 Å². The van der Waals surface area contributed by atoms with Crippen molar-refractivity contribution in [2.45, 2.75) is 25.9 Å². The SMILES string of the molecule is CCP(=O)(CC)[C@@H](CC(=O)n1cccc1)c1ccccc1. The second kappa shape index (κ2) is 6.91. The Kier molecular flexibility index (Phi) is 5.19. The van der Waals surface area contributed by atoms with E-state index in [0.717, 1.165) is 5.56 Å². The van der Waals surface area contributed by atoms with Crippen molar-refractivity contribution in [3.05, 3.63) is 60.4 Å². The van der Waals surface area contributed by atoms with E-state index < -0.39 is 7.14 Å². The lowest BCUT2D eigenvalue weighted by molar-refractivity contribution is 0.0901. The number of rotatable bonds is 6. The molecule has 0 fully saturated rings. The van der Waals surface area contributed by atoms with Crippen molar-refractivity contribution in [2.24, 2.45) is 0 Å². The van der Waals surface area contributed by atoms with Gasteiger partial charge in [0.1, 0.15) is 0 Å². The lowest BCUT2D eigenvalue weighted by Gasteiger charge is -2.26. The molecule has 4 heteroatoms. The van der Waals surface area contributed by atoms with Crippen molar-refractivity contribution < 1.29 is 9.36 Å². The van der Waals surface area contributed by atoms with Gasteiger partial charge >= 0.3 is 0 Å². The van der Waals surface area contributed by atoms with Crippen LogP contribution in [-0.4, -0.2) is 22.8 Å². The molecule has 2 aromatic rings. The van der Waals surface area contributed by atoms with Crippen LogP contribution < -0.4 is 0 Å². The highest BCUT2D eigenvalue weighted by molar-refractivity contribution is 7.64. The molecule has 0 unspecified atom stereocenters. The van der Waals surface area contributed by atoms with Crippen LogP contribution in [0.5, 0.6) is 0 Å². The van der Waals surface area contributed by atoms with E-state index in [2.05, 4.69) is 0 Å². The Labute approximate surface area is 126 Å². The zero-order valence-corrected chi connectivity index (χ0v) is 13.5. The van der Waals surface area contributed by atoms with E-state index >= 15 is 0 Å². The van der Waals surface area contributed by atoms with E-state index in [1.807, 2.05) is 56.3 Å². The highest BCUT2D eigenvalue weighted by Crippen LogP contribution is 2.60. The fraction of sp³-hybridized carbons (Fsp3) is 0.353. The average molecular weight is 303 g/mol. The monoisotopic (exact) mass is 303 g/mol. The molecule has 0 aliphatic heterocycles. The number of hydrogen-bond acceptors (Lipinski definition) is 2. The van der Waals surface area contributed by atoms with Crippen LogP contribution in [0.15, 0.2) is 54.9 Å². The molecule has 1 atom stereocenters. The molecule has 21 heavy (non-hydrogen) atoms. The van der Waals surface area contributed by atoms with E-state index in [9.17, 15) is 9.36 Å². The number of carbonyl (C=O) groups is 1. The standard InChI is InChI=1S/C17H22NO2P/c1-3-21(20,4-2)16(15-10-6-5-7-11-15)14-17(19)18-12-8-9-13-18/h5-13,16H,3-4,14H2,1-2H3/t16-/m0/s1. The summed E-state index contributed by atoms with van der Waals surface area (Å²) in [6, 6.07) is 13.4. The molecule has 1 aromatic heterocycles. The quantitative estimate of drug-likeness (QED) is 0.728. The number of carbonyl (C=O) groups excluding carboxylic acids is 1. The topological polar surface area (TPSA) is 39.1 Å². The Morgan fingerprint density at radius 1 is 1.05 bits per heavy atom. The minimum absolute atomic E-state index is 0.00372. The number of nitrogens with zero attached hydrogens (tertiary/aromatic N) is 1. The van der Waals surface area contributed by atoms with Gasteiger partial charge in [-0.3, -0.25) is 9.36 Å². The number of hydrogen-bond donors (Lipinski definition) is 0. The van der Waals surface area contributed by atoms with Gasteiger partial charge in [-0.25, -0.2) is 0 Å². The summed E-state index contributed by atoms with van der Waals surface area (Å²) in [5.74, 6) is -0.00372. The summed E-state index contributed by atoms with van der Waals surface area (Å²) in [4.78, 5) is 12.4. The highest BCUT2D eigenvalue weighted by Gasteiger charge is 2.32. The first-order valence-electron chi connectivity index (χ1n) is 7.39. The van der Waals surface area contributed by atoms with Gasteiger partial charge in [0.2, 0.25) is 5.91 Å². The molecular formula is C17H22NO2P. The molecule has 3 nitrogen and oxygen atoms in total. The van der Waals surface area contributed by atoms with Crippen LogP contribution in [0.4, 0.5) is 0 Å². The molecule has 0 amide bonds. The van der Waals surface area contributed by atoms with Gasteiger partial charge < -0.3 is 4.57 Å². The highest BCUT2D eigenvalue weighted by atomic mass is 31.2. The number of aromatic nitrogens is 1. The molecule has 112 valence electrons. The van der Waals surface area contributed by atoms with Gasteiger partial charge in [0.25, 0.3) is 0 Å². The van der Waals surface area contributed by atoms with Gasteiger partial charge in [-0.05, 0) is 30.0 Å². The minimum Gasteiger partial charge on any atom is -0.323 e. The zero-order chi connectivity index (χ0) is 15.3. The second-order valence-electron chi connectivity index (χ2n) is 5.20. The summed E-state index contributed by atoms with van der Waals surface area (Å²) in [6.45, 7) is 3.92. The fourth-order valence-corrected chi connectivity index (χ4v) is 5.20. The van der Waals surface area contributed by atoms with E-state index in [1.54, 1.807) is 17.0 Å². The maximum absolute atomic E-state index is 13.2. The average Bonchev–Trinajstić information content (AvgIpc) is 3.07. The first kappa shape index (κ1) is 15.8. The van der Waals surface area contributed by atoms with Crippen LogP contribution >= 0.6 is 7.14 Å². The molecule has 0 aliphatic carbocycles. The fourth-order valence-electron chi connectivity index (χ4n) is 2.67. The Bertz CT molecular complexity index is 612. The van der Waals surface area contributed by atoms with Gasteiger partial charge in [-0.2, -0.15) is 0 Å². The van der Waals surface area contributed by atoms with E-state index in [4.69, 9.17) is 0 Å². The predicted molar refractivity (Wildman–Crippen MR) is 87.5 cm³/mol. The van der Waals surface area contributed by atoms with Gasteiger partial charge in [-0.15, -0.1) is 0 Å². The van der Waals surface area contributed by atoms with Crippen molar-refractivity contribution >= 4 is 13.0 Å². The normalized spacial score (nSPS) is 13.0. The Morgan fingerprint density at radius 2 is 1.62 bits per heavy atom. The summed E-state index contributed by atoms with van der Waals surface area (Å²) in [6.07, 6.45) is 5.03. The van der Waals surface area contributed by atoms with Gasteiger partial charge in [0, 0.05) is 24.5 Å². The molecule has 0 N–H and O–H groups in total. The molecule has 0 saturated heterocycles. The molecule has 1 heterocycles. The summed E-state index contributed by atoms with van der Waals surface area (Å²) >= 11 is 0. The molecule has 0 aliphatic rings. The Morgan fingerprint density at radius 3 is 2.14 bits per heavy atom. The van der Waals surface area contributed by atoms with Crippen LogP contribution in [-0.2, 0) is 4.57 Å². The molecule has 0 spiro atoms. The third kappa shape index (κ3) is 3.54. The maximum Gasteiger partial charge on any atom is 0.231 e. The Balaban J connectivity index is 2.33. The van der Waals surface area contributed by atoms with Crippen LogP contribution in [0.3, 0.4) is 0 Å². The van der Waals surface area contributed by atoms with Crippen molar-refractivity contribution in [3.8, 4) is 0 Å². The van der Waals surface area contributed by atoms with Crippen molar-refractivity contribution in [1.29, 1.82) is 0 Å². The van der Waals surface area contributed by atoms with Crippen LogP contribution in [0, 0.1) is 0 Å². The molecule has 2 rings (SSSR count). The maximum atomic E-state index is 13.2. The lowest BCUT2D eigenvalue weighted by atomic mass is 10.1. The molecular weight excluding hydrogens is 281 g/mol. The summed E-state index contributed by atoms with van der Waals surface area (Å²) in [5.41, 5.74) is 0.814. The van der Waals surface area contributed by atoms with Gasteiger partial charge in [0.05, 0.1) is 7.14 Å². The first-order valence-corrected chi connectivity index (χ1v) is 9.54. The summed E-state index contributed by atoms with van der Waals surface area (Å²) in [5, 5.41) is 0. The minimum atomic E-state index is -2.40. The molecule has 1 aromatic carbocycles. The second-order valence-corrected chi connectivity index (χ2v) is 8.99. The van der Waals surface area contributed by atoms with Crippen LogP contribution in [0.1, 0.15) is 36.3 Å². The van der Waals surface area contributed by atoms with Crippen molar-refractivity contribution in [2.75, 3.05) is 12.3 Å². The largest absolute Gasteiger partial charge is 0.323 e. The van der Waals surface area contributed by atoms with Crippen molar-refractivity contribution in [3.63, 3.8) is 0 Å². The van der Waals surface area contributed by atoms with E-state index in [0.29, 0.717) is 12.3 Å². The zero-order valence-electron chi connectivity index (χ0n) is 12.6. The molecule has 0 saturated carbocycles. The van der Waals surface area contributed by atoms with Gasteiger partial charge in [-0.1, -0.05) is 44.2 Å². The van der Waals surface area contributed by atoms with E-state index in [1.165, 1.54) is 0 Å². The summed E-state index contributed by atoms with van der Waals surface area (Å²) < 4.78 is 14.8. The van der Waals surface area contributed by atoms with Crippen LogP contribution in [0.2, 0.25) is 0 Å².